The average molecular weight is 126 g/mol. The van der Waals surface area contributed by atoms with E-state index >= 15 is 0 Å². The third-order valence-corrected chi connectivity index (χ3v) is 1.06. The highest BCUT2D eigenvalue weighted by Crippen LogP contribution is 1.95. The predicted octanol–water partition coefficient (Wildman–Crippen LogP) is 2.16. The lowest BCUT2D eigenvalue weighted by atomic mass is 10.2. The Balaban J connectivity index is 3.70. The first-order valence-electron chi connectivity index (χ1n) is 3.12. The number of hydrogen-bond donors (Lipinski definition) is 0. The molecule has 0 saturated carbocycles. The molecule has 0 unspecified atom stereocenters. The molecule has 0 saturated heterocycles. The molecule has 0 heterocycles. The molecule has 9 heavy (non-hydrogen) atoms. The van der Waals surface area contributed by atoms with Crippen LogP contribution in [0.3, 0.4) is 0 Å². The zero-order valence-corrected chi connectivity index (χ0v) is 6.35. The van der Waals surface area contributed by atoms with Gasteiger partial charge in [-0.3, -0.25) is 0 Å². The molecule has 0 amide bonds. The molecule has 52 valence electrons. The van der Waals surface area contributed by atoms with E-state index in [0.29, 0.717) is 6.61 Å². The first-order valence-corrected chi connectivity index (χ1v) is 3.12. The molecule has 0 aliphatic rings. The quantitative estimate of drug-likeness (QED) is 0.526. The molecule has 0 aromatic carbocycles. The van der Waals surface area contributed by atoms with Gasteiger partial charge in [0.15, 0.2) is 0 Å². The van der Waals surface area contributed by atoms with Crippen LogP contribution >= 0.6 is 0 Å². The summed E-state index contributed by atoms with van der Waals surface area (Å²) >= 11 is 0. The number of hydrogen-bond acceptors (Lipinski definition) is 1. The van der Waals surface area contributed by atoms with Crippen LogP contribution in [0.1, 0.15) is 13.8 Å². The van der Waals surface area contributed by atoms with Gasteiger partial charge in [0, 0.05) is 7.11 Å². The summed E-state index contributed by atoms with van der Waals surface area (Å²) < 4.78 is 4.93. The molecule has 0 radical (unpaired) electrons. The van der Waals surface area contributed by atoms with Crippen molar-refractivity contribution >= 4 is 0 Å². The number of allylic oxidation sites excluding steroid dienone is 2. The van der Waals surface area contributed by atoms with E-state index in [-0.39, 0.29) is 0 Å². The van der Waals surface area contributed by atoms with E-state index in [1.807, 2.05) is 32.1 Å². The zero-order chi connectivity index (χ0) is 7.11. The molecule has 0 N–H and O–H groups in total. The van der Waals surface area contributed by atoms with E-state index in [4.69, 9.17) is 4.74 Å². The average Bonchev–Trinajstić information content (AvgIpc) is 1.88. The minimum absolute atomic E-state index is 0.709. The summed E-state index contributed by atoms with van der Waals surface area (Å²) in [5.74, 6) is 0. The number of ether oxygens (including phenoxy) is 1. The molecule has 0 rings (SSSR count). The van der Waals surface area contributed by atoms with Gasteiger partial charge in [-0.15, -0.1) is 0 Å². The molecule has 1 heteroatoms. The highest BCUT2D eigenvalue weighted by atomic mass is 16.5. The lowest BCUT2D eigenvalue weighted by Crippen LogP contribution is -1.89. The van der Waals surface area contributed by atoms with Gasteiger partial charge in [-0.1, -0.05) is 18.2 Å². The summed E-state index contributed by atoms with van der Waals surface area (Å²) in [4.78, 5) is 0. The monoisotopic (exact) mass is 126 g/mol. The van der Waals surface area contributed by atoms with Gasteiger partial charge in [0.25, 0.3) is 0 Å². The van der Waals surface area contributed by atoms with Crippen molar-refractivity contribution in [2.24, 2.45) is 0 Å². The normalized spacial score (nSPS) is 13.0. The Kier molecular flexibility index (Phi) is 5.23. The summed E-state index contributed by atoms with van der Waals surface area (Å²) in [7, 11) is 1.70. The minimum atomic E-state index is 0.709. The van der Waals surface area contributed by atoms with Crippen LogP contribution in [-0.2, 0) is 4.74 Å². The molecule has 0 aromatic rings. The summed E-state index contributed by atoms with van der Waals surface area (Å²) in [5.41, 5.74) is 1.22. The zero-order valence-electron chi connectivity index (χ0n) is 6.35. The molecule has 0 bridgehead atoms. The lowest BCUT2D eigenvalue weighted by molar-refractivity contribution is 0.228. The predicted molar refractivity (Wildman–Crippen MR) is 40.4 cm³/mol. The molecular weight excluding hydrogens is 112 g/mol. The van der Waals surface area contributed by atoms with Crippen LogP contribution in [-0.4, -0.2) is 13.7 Å². The van der Waals surface area contributed by atoms with Gasteiger partial charge in [-0.05, 0) is 19.4 Å². The van der Waals surface area contributed by atoms with Crippen LogP contribution in [0, 0.1) is 0 Å². The molecule has 0 spiro atoms. The van der Waals surface area contributed by atoms with E-state index in [0.717, 1.165) is 0 Å². The number of methoxy groups -OCH3 is 1. The van der Waals surface area contributed by atoms with Crippen LogP contribution in [0.5, 0.6) is 0 Å². The Morgan fingerprint density at radius 1 is 1.44 bits per heavy atom. The van der Waals surface area contributed by atoms with E-state index in [9.17, 15) is 0 Å². The van der Waals surface area contributed by atoms with Gasteiger partial charge >= 0.3 is 0 Å². The van der Waals surface area contributed by atoms with Gasteiger partial charge in [0.05, 0.1) is 6.61 Å². The smallest absolute Gasteiger partial charge is 0.0709 e. The number of rotatable bonds is 3. The fourth-order valence-corrected chi connectivity index (χ4v) is 0.608. The Morgan fingerprint density at radius 2 is 2.11 bits per heavy atom. The second-order valence-electron chi connectivity index (χ2n) is 1.80. The van der Waals surface area contributed by atoms with E-state index < -0.39 is 0 Å². The SMILES string of the molecule is CC=CC(=CC)COC. The largest absolute Gasteiger partial charge is 0.380 e. The fourth-order valence-electron chi connectivity index (χ4n) is 0.608. The first kappa shape index (κ1) is 8.44. The Hall–Kier alpha value is -0.560. The van der Waals surface area contributed by atoms with Gasteiger partial charge in [0.2, 0.25) is 0 Å². The minimum Gasteiger partial charge on any atom is -0.380 e. The summed E-state index contributed by atoms with van der Waals surface area (Å²) in [6.45, 7) is 4.72. The van der Waals surface area contributed by atoms with Crippen molar-refractivity contribution in [1.82, 2.24) is 0 Å². The first-order chi connectivity index (χ1) is 4.35. The van der Waals surface area contributed by atoms with Gasteiger partial charge in [0.1, 0.15) is 0 Å². The van der Waals surface area contributed by atoms with Crippen LogP contribution in [0.4, 0.5) is 0 Å². The van der Waals surface area contributed by atoms with Gasteiger partial charge < -0.3 is 4.74 Å². The van der Waals surface area contributed by atoms with Crippen LogP contribution in [0.15, 0.2) is 23.8 Å². The molecule has 0 aromatic heterocycles. The second kappa shape index (κ2) is 5.57. The van der Waals surface area contributed by atoms with E-state index in [2.05, 4.69) is 0 Å². The van der Waals surface area contributed by atoms with Crippen molar-refractivity contribution in [3.8, 4) is 0 Å². The third kappa shape index (κ3) is 3.98. The van der Waals surface area contributed by atoms with Crippen molar-refractivity contribution in [2.75, 3.05) is 13.7 Å². The molecular formula is C8H14O. The van der Waals surface area contributed by atoms with Gasteiger partial charge in [-0.2, -0.15) is 0 Å². The highest BCUT2D eigenvalue weighted by molar-refractivity contribution is 5.17. The van der Waals surface area contributed by atoms with Crippen molar-refractivity contribution in [1.29, 1.82) is 0 Å². The molecule has 0 aliphatic heterocycles. The summed E-state index contributed by atoms with van der Waals surface area (Å²) in [6.07, 6.45) is 6.10. The topological polar surface area (TPSA) is 9.23 Å². The fraction of sp³-hybridized carbons (Fsp3) is 0.500. The van der Waals surface area contributed by atoms with Crippen LogP contribution in [0.25, 0.3) is 0 Å². The van der Waals surface area contributed by atoms with Crippen LogP contribution < -0.4 is 0 Å². The van der Waals surface area contributed by atoms with E-state index in [1.165, 1.54) is 5.57 Å². The molecule has 0 fully saturated rings. The third-order valence-electron chi connectivity index (χ3n) is 1.06. The Bertz CT molecular complexity index is 112. The maximum Gasteiger partial charge on any atom is 0.0709 e. The van der Waals surface area contributed by atoms with E-state index in [1.54, 1.807) is 7.11 Å². The summed E-state index contributed by atoms with van der Waals surface area (Å²) in [5, 5.41) is 0. The maximum absolute atomic E-state index is 4.93. The lowest BCUT2D eigenvalue weighted by Gasteiger charge is -1.96. The standard InChI is InChI=1S/C8H14O/c1-4-6-8(5-2)7-9-3/h4-6H,7H2,1-3H3. The van der Waals surface area contributed by atoms with Gasteiger partial charge in [-0.25, -0.2) is 0 Å². The molecule has 1 nitrogen and oxygen atoms in total. The van der Waals surface area contributed by atoms with Crippen molar-refractivity contribution < 1.29 is 4.74 Å². The Labute approximate surface area is 57.0 Å². The van der Waals surface area contributed by atoms with Crippen molar-refractivity contribution in [2.45, 2.75) is 13.8 Å². The second-order valence-corrected chi connectivity index (χ2v) is 1.80. The van der Waals surface area contributed by atoms with Crippen molar-refractivity contribution in [3.63, 3.8) is 0 Å². The summed E-state index contributed by atoms with van der Waals surface area (Å²) in [6, 6.07) is 0. The van der Waals surface area contributed by atoms with Crippen molar-refractivity contribution in [3.05, 3.63) is 23.8 Å². The van der Waals surface area contributed by atoms with Crippen LogP contribution in [0.2, 0.25) is 0 Å². The molecule has 0 aliphatic carbocycles. The Morgan fingerprint density at radius 3 is 2.44 bits per heavy atom. The maximum atomic E-state index is 4.93. The highest BCUT2D eigenvalue weighted by Gasteiger charge is 1.84. The molecule has 0 atom stereocenters.